The molecule has 0 bridgehead atoms. The van der Waals surface area contributed by atoms with Crippen molar-refractivity contribution < 1.29 is 17.7 Å². The monoisotopic (exact) mass is 324 g/mol. The zero-order chi connectivity index (χ0) is 16.3. The van der Waals surface area contributed by atoms with Crippen molar-refractivity contribution in [1.82, 2.24) is 0 Å². The Morgan fingerprint density at radius 2 is 1.82 bits per heavy atom. The minimum absolute atomic E-state index is 0.119. The van der Waals surface area contributed by atoms with Crippen LogP contribution in [-0.4, -0.2) is 19.6 Å². The highest BCUT2D eigenvalue weighted by molar-refractivity contribution is 7.90. The van der Waals surface area contributed by atoms with Crippen LogP contribution in [-0.2, 0) is 16.4 Å². The molecule has 0 saturated carbocycles. The molecule has 0 aliphatic rings. The van der Waals surface area contributed by atoms with Crippen molar-refractivity contribution in [2.24, 2.45) is 0 Å². The summed E-state index contributed by atoms with van der Waals surface area (Å²) in [6.07, 6.45) is 0.984. The smallest absolute Gasteiger partial charge is 0.293 e. The fourth-order valence-electron chi connectivity index (χ4n) is 1.84. The summed E-state index contributed by atoms with van der Waals surface area (Å²) in [6, 6.07) is 9.35. The van der Waals surface area contributed by atoms with E-state index in [0.717, 1.165) is 17.9 Å². The van der Waals surface area contributed by atoms with E-state index in [1.807, 2.05) is 0 Å². The Balaban J connectivity index is 2.27. The van der Waals surface area contributed by atoms with Crippen molar-refractivity contribution in [3.8, 4) is 0 Å². The summed E-state index contributed by atoms with van der Waals surface area (Å²) in [6.45, 7) is 0.249. The molecular weight excluding hydrogens is 311 g/mol. The second-order valence-corrected chi connectivity index (χ2v) is 6.70. The van der Waals surface area contributed by atoms with E-state index >= 15 is 0 Å². The van der Waals surface area contributed by atoms with Crippen LogP contribution < -0.4 is 5.32 Å². The number of nitro benzene ring substituents is 1. The first-order valence-corrected chi connectivity index (χ1v) is 8.13. The molecule has 0 aliphatic carbocycles. The molecule has 2 aromatic carbocycles. The van der Waals surface area contributed by atoms with Crippen molar-refractivity contribution in [1.29, 1.82) is 0 Å². The van der Waals surface area contributed by atoms with Gasteiger partial charge in [0.2, 0.25) is 0 Å². The van der Waals surface area contributed by atoms with E-state index in [9.17, 15) is 22.9 Å². The molecule has 116 valence electrons. The standard InChI is InChI=1S/C14H13FN2O4S/c1-22(20,21)12-6-7-13(14(8-12)17(18)19)16-9-10-2-4-11(15)5-3-10/h2-8,16H,9H2,1H3. The number of benzene rings is 2. The van der Waals surface area contributed by atoms with Gasteiger partial charge in [-0.25, -0.2) is 12.8 Å². The Labute approximate surface area is 126 Å². The third-order valence-electron chi connectivity index (χ3n) is 2.99. The average molecular weight is 324 g/mol. The number of halogens is 1. The van der Waals surface area contributed by atoms with Crippen LogP contribution in [0.25, 0.3) is 0 Å². The van der Waals surface area contributed by atoms with Gasteiger partial charge in [0.25, 0.3) is 5.69 Å². The fraction of sp³-hybridized carbons (Fsp3) is 0.143. The van der Waals surface area contributed by atoms with Crippen molar-refractivity contribution in [3.63, 3.8) is 0 Å². The van der Waals surface area contributed by atoms with Gasteiger partial charge in [0, 0.05) is 18.9 Å². The van der Waals surface area contributed by atoms with E-state index in [0.29, 0.717) is 0 Å². The Hall–Kier alpha value is -2.48. The van der Waals surface area contributed by atoms with Gasteiger partial charge in [-0.15, -0.1) is 0 Å². The van der Waals surface area contributed by atoms with Crippen LogP contribution in [0.3, 0.4) is 0 Å². The highest BCUT2D eigenvalue weighted by Gasteiger charge is 2.18. The number of hydrogen-bond donors (Lipinski definition) is 1. The minimum Gasteiger partial charge on any atom is -0.375 e. The van der Waals surface area contributed by atoms with Gasteiger partial charge >= 0.3 is 0 Å². The third kappa shape index (κ3) is 3.79. The van der Waals surface area contributed by atoms with Crippen molar-refractivity contribution in [3.05, 3.63) is 64.0 Å². The highest BCUT2D eigenvalue weighted by Crippen LogP contribution is 2.28. The molecule has 0 unspecified atom stereocenters. The first-order valence-electron chi connectivity index (χ1n) is 6.24. The van der Waals surface area contributed by atoms with Gasteiger partial charge in [-0.2, -0.15) is 0 Å². The van der Waals surface area contributed by atoms with Gasteiger partial charge in [0.1, 0.15) is 11.5 Å². The average Bonchev–Trinajstić information content (AvgIpc) is 2.45. The number of anilines is 1. The molecule has 8 heteroatoms. The van der Waals surface area contributed by atoms with Crippen molar-refractivity contribution >= 4 is 21.2 Å². The predicted octanol–water partition coefficient (Wildman–Crippen LogP) is 2.75. The molecular formula is C14H13FN2O4S. The number of nitro groups is 1. The first-order chi connectivity index (χ1) is 10.3. The van der Waals surface area contributed by atoms with E-state index in [2.05, 4.69) is 5.32 Å². The van der Waals surface area contributed by atoms with Gasteiger partial charge in [0.15, 0.2) is 9.84 Å². The van der Waals surface area contributed by atoms with Crippen LogP contribution in [0.2, 0.25) is 0 Å². The van der Waals surface area contributed by atoms with Crippen LogP contribution in [0.15, 0.2) is 47.4 Å². The van der Waals surface area contributed by atoms with E-state index in [-0.39, 0.29) is 28.6 Å². The summed E-state index contributed by atoms with van der Waals surface area (Å²) in [4.78, 5) is 10.3. The molecule has 0 radical (unpaired) electrons. The fourth-order valence-corrected chi connectivity index (χ4v) is 2.48. The molecule has 0 aliphatic heterocycles. The summed E-state index contributed by atoms with van der Waals surface area (Å²) in [7, 11) is -3.52. The van der Waals surface area contributed by atoms with E-state index in [1.54, 1.807) is 12.1 Å². The number of nitrogens with zero attached hydrogens (tertiary/aromatic N) is 1. The topological polar surface area (TPSA) is 89.3 Å². The Kier molecular flexibility index (Phi) is 4.41. The summed E-state index contributed by atoms with van der Waals surface area (Å²) < 4.78 is 35.7. The summed E-state index contributed by atoms with van der Waals surface area (Å²) in [5, 5.41) is 13.9. The Morgan fingerprint density at radius 1 is 1.18 bits per heavy atom. The number of rotatable bonds is 5. The SMILES string of the molecule is CS(=O)(=O)c1ccc(NCc2ccc(F)cc2)c([N+](=O)[O-])c1. The van der Waals surface area contributed by atoms with Gasteiger partial charge in [-0.3, -0.25) is 10.1 Å². The number of hydrogen-bond acceptors (Lipinski definition) is 5. The first kappa shape index (κ1) is 15.9. The van der Waals surface area contributed by atoms with Crippen molar-refractivity contribution in [2.75, 3.05) is 11.6 Å². The largest absolute Gasteiger partial charge is 0.375 e. The highest BCUT2D eigenvalue weighted by atomic mass is 32.2. The third-order valence-corrected chi connectivity index (χ3v) is 4.10. The van der Waals surface area contributed by atoms with Crippen LogP contribution >= 0.6 is 0 Å². The molecule has 2 rings (SSSR count). The number of sulfone groups is 1. The van der Waals surface area contributed by atoms with E-state index < -0.39 is 14.8 Å². The maximum Gasteiger partial charge on any atom is 0.293 e. The maximum absolute atomic E-state index is 12.8. The lowest BCUT2D eigenvalue weighted by molar-refractivity contribution is -0.384. The van der Waals surface area contributed by atoms with E-state index in [4.69, 9.17) is 0 Å². The van der Waals surface area contributed by atoms with Crippen LogP contribution in [0.4, 0.5) is 15.8 Å². The number of nitrogens with one attached hydrogen (secondary N) is 1. The quantitative estimate of drug-likeness (QED) is 0.675. The zero-order valence-electron chi connectivity index (χ0n) is 11.6. The summed E-state index contributed by atoms with van der Waals surface area (Å²) in [5.74, 6) is -0.368. The van der Waals surface area contributed by atoms with Gasteiger partial charge in [-0.1, -0.05) is 12.1 Å². The molecule has 0 fully saturated rings. The lowest BCUT2D eigenvalue weighted by Gasteiger charge is -2.08. The van der Waals surface area contributed by atoms with Crippen LogP contribution in [0.5, 0.6) is 0 Å². The molecule has 0 amide bonds. The molecule has 0 aromatic heterocycles. The van der Waals surface area contributed by atoms with Gasteiger partial charge < -0.3 is 5.32 Å². The normalized spacial score (nSPS) is 11.2. The Morgan fingerprint density at radius 3 is 2.36 bits per heavy atom. The van der Waals surface area contributed by atoms with Gasteiger partial charge in [-0.05, 0) is 29.8 Å². The van der Waals surface area contributed by atoms with E-state index in [1.165, 1.54) is 24.3 Å². The minimum atomic E-state index is -3.52. The molecule has 6 nitrogen and oxygen atoms in total. The zero-order valence-corrected chi connectivity index (χ0v) is 12.4. The Bertz CT molecular complexity index is 804. The van der Waals surface area contributed by atoms with Crippen LogP contribution in [0, 0.1) is 15.9 Å². The molecule has 0 atom stereocenters. The van der Waals surface area contributed by atoms with Crippen molar-refractivity contribution in [2.45, 2.75) is 11.4 Å². The lowest BCUT2D eigenvalue weighted by Crippen LogP contribution is -2.05. The molecule has 0 heterocycles. The summed E-state index contributed by atoms with van der Waals surface area (Å²) >= 11 is 0. The predicted molar refractivity (Wildman–Crippen MR) is 79.9 cm³/mol. The second-order valence-electron chi connectivity index (χ2n) is 4.69. The van der Waals surface area contributed by atoms with Gasteiger partial charge in [0.05, 0.1) is 9.82 Å². The van der Waals surface area contributed by atoms with Crippen LogP contribution in [0.1, 0.15) is 5.56 Å². The maximum atomic E-state index is 12.8. The molecule has 0 saturated heterocycles. The molecule has 0 spiro atoms. The lowest BCUT2D eigenvalue weighted by atomic mass is 10.2. The summed E-state index contributed by atoms with van der Waals surface area (Å²) in [5.41, 5.74) is 0.606. The molecule has 2 aromatic rings. The molecule has 1 N–H and O–H groups in total. The molecule has 22 heavy (non-hydrogen) atoms. The second kappa shape index (κ2) is 6.10.